The Bertz CT molecular complexity index is 392. The molecule has 0 bridgehead atoms. The van der Waals surface area contributed by atoms with Gasteiger partial charge in [-0.25, -0.2) is 4.39 Å². The average Bonchev–Trinajstić information content (AvgIpc) is 2.32. The van der Waals surface area contributed by atoms with E-state index in [1.54, 1.807) is 0 Å². The summed E-state index contributed by atoms with van der Waals surface area (Å²) in [5.41, 5.74) is 5.84. The predicted octanol–water partition coefficient (Wildman–Crippen LogP) is 0.489. The maximum Gasteiger partial charge on any atom is 0.254 e. The van der Waals surface area contributed by atoms with Crippen molar-refractivity contribution < 1.29 is 19.0 Å². The number of nitrogens with two attached hydrogens (primary N) is 1. The van der Waals surface area contributed by atoms with Gasteiger partial charge in [-0.3, -0.25) is 4.79 Å². The molecule has 0 radical (unpaired) electrons. The Kier molecular flexibility index (Phi) is 5.54. The van der Waals surface area contributed by atoms with Gasteiger partial charge >= 0.3 is 0 Å². The maximum atomic E-state index is 13.2. The molecule has 0 atom stereocenters. The van der Waals surface area contributed by atoms with Gasteiger partial charge in [0.15, 0.2) is 0 Å². The number of nitrogens with zero attached hydrogens (tertiary/aromatic N) is 1. The molecular formula is C12H17FN2O3. The van der Waals surface area contributed by atoms with Crippen LogP contribution in [0.2, 0.25) is 0 Å². The summed E-state index contributed by atoms with van der Waals surface area (Å²) in [6, 6.07) is 3.67. The quantitative estimate of drug-likeness (QED) is 0.726. The van der Waals surface area contributed by atoms with Crippen LogP contribution in [-0.2, 0) is 4.74 Å². The molecule has 1 aromatic rings. The summed E-state index contributed by atoms with van der Waals surface area (Å²) in [7, 11) is 1.52. The molecule has 18 heavy (non-hydrogen) atoms. The first-order valence-corrected chi connectivity index (χ1v) is 5.53. The predicted molar refractivity (Wildman–Crippen MR) is 65.7 cm³/mol. The third kappa shape index (κ3) is 3.97. The van der Waals surface area contributed by atoms with Gasteiger partial charge < -0.3 is 20.5 Å². The Morgan fingerprint density at radius 2 is 2.17 bits per heavy atom. The van der Waals surface area contributed by atoms with Gasteiger partial charge in [0, 0.05) is 31.5 Å². The fraction of sp³-hybridized carbons (Fsp3) is 0.417. The molecule has 0 aromatic heterocycles. The second-order valence-electron chi connectivity index (χ2n) is 3.78. The summed E-state index contributed by atoms with van der Waals surface area (Å²) < 4.78 is 18.0. The standard InChI is InChI=1S/C12H17FN2O3/c1-18-5-3-15(2-4-16)12(17)9-6-10(13)8-11(14)7-9/h6-8,16H,2-5,14H2,1H3. The van der Waals surface area contributed by atoms with E-state index in [2.05, 4.69) is 0 Å². The van der Waals surface area contributed by atoms with Crippen LogP contribution in [0.1, 0.15) is 10.4 Å². The molecule has 100 valence electrons. The lowest BCUT2D eigenvalue weighted by molar-refractivity contribution is 0.0656. The number of halogens is 1. The molecule has 6 heteroatoms. The van der Waals surface area contributed by atoms with Gasteiger partial charge in [0.1, 0.15) is 5.82 Å². The van der Waals surface area contributed by atoms with Crippen LogP contribution in [0.15, 0.2) is 18.2 Å². The number of benzene rings is 1. The van der Waals surface area contributed by atoms with Crippen molar-refractivity contribution in [1.29, 1.82) is 0 Å². The van der Waals surface area contributed by atoms with Crippen LogP contribution >= 0.6 is 0 Å². The van der Waals surface area contributed by atoms with Gasteiger partial charge in [-0.1, -0.05) is 0 Å². The number of nitrogen functional groups attached to an aromatic ring is 1. The van der Waals surface area contributed by atoms with Crippen LogP contribution in [0.25, 0.3) is 0 Å². The first-order chi connectivity index (χ1) is 8.58. The van der Waals surface area contributed by atoms with E-state index < -0.39 is 5.82 Å². The first-order valence-electron chi connectivity index (χ1n) is 5.53. The van der Waals surface area contributed by atoms with E-state index in [4.69, 9.17) is 15.6 Å². The molecule has 1 aromatic carbocycles. The summed E-state index contributed by atoms with van der Waals surface area (Å²) in [5.74, 6) is -0.943. The summed E-state index contributed by atoms with van der Waals surface area (Å²) >= 11 is 0. The second kappa shape index (κ2) is 6.93. The van der Waals surface area contributed by atoms with Crippen molar-refractivity contribution in [2.75, 3.05) is 39.1 Å². The van der Waals surface area contributed by atoms with Gasteiger partial charge in [0.2, 0.25) is 0 Å². The van der Waals surface area contributed by atoms with Crippen LogP contribution < -0.4 is 5.73 Å². The number of hydrogen-bond acceptors (Lipinski definition) is 4. The number of amides is 1. The highest BCUT2D eigenvalue weighted by molar-refractivity contribution is 5.95. The Labute approximate surface area is 105 Å². The molecule has 0 saturated carbocycles. The molecule has 1 amide bonds. The van der Waals surface area contributed by atoms with Crippen molar-refractivity contribution in [3.8, 4) is 0 Å². The van der Waals surface area contributed by atoms with Gasteiger partial charge in [0.05, 0.1) is 13.2 Å². The van der Waals surface area contributed by atoms with E-state index in [1.165, 1.54) is 18.1 Å². The van der Waals surface area contributed by atoms with E-state index in [0.29, 0.717) is 13.2 Å². The minimum atomic E-state index is -0.561. The molecule has 0 aliphatic carbocycles. The molecule has 1 rings (SSSR count). The number of hydrogen-bond donors (Lipinski definition) is 2. The van der Waals surface area contributed by atoms with E-state index in [0.717, 1.165) is 12.1 Å². The van der Waals surface area contributed by atoms with E-state index in [9.17, 15) is 9.18 Å². The smallest absolute Gasteiger partial charge is 0.254 e. The Morgan fingerprint density at radius 1 is 1.44 bits per heavy atom. The fourth-order valence-electron chi connectivity index (χ4n) is 1.56. The minimum Gasteiger partial charge on any atom is -0.399 e. The van der Waals surface area contributed by atoms with Gasteiger partial charge in [-0.2, -0.15) is 0 Å². The molecule has 3 N–H and O–H groups in total. The summed E-state index contributed by atoms with van der Waals surface area (Å²) in [5, 5.41) is 8.91. The molecule has 5 nitrogen and oxygen atoms in total. The van der Waals surface area contributed by atoms with Crippen LogP contribution in [0.4, 0.5) is 10.1 Å². The van der Waals surface area contributed by atoms with Crippen LogP contribution in [0, 0.1) is 5.82 Å². The average molecular weight is 256 g/mol. The highest BCUT2D eigenvalue weighted by Gasteiger charge is 2.16. The lowest BCUT2D eigenvalue weighted by Crippen LogP contribution is -2.36. The zero-order valence-electron chi connectivity index (χ0n) is 10.2. The molecule has 0 spiro atoms. The normalized spacial score (nSPS) is 10.4. The zero-order valence-corrected chi connectivity index (χ0v) is 10.2. The second-order valence-corrected chi connectivity index (χ2v) is 3.78. The van der Waals surface area contributed by atoms with Crippen molar-refractivity contribution in [3.05, 3.63) is 29.6 Å². The van der Waals surface area contributed by atoms with Crippen molar-refractivity contribution in [2.45, 2.75) is 0 Å². The molecule has 0 fully saturated rings. The lowest BCUT2D eigenvalue weighted by Gasteiger charge is -2.21. The number of carbonyl (C=O) groups excluding carboxylic acids is 1. The highest BCUT2D eigenvalue weighted by Crippen LogP contribution is 2.13. The SMILES string of the molecule is COCCN(CCO)C(=O)c1cc(N)cc(F)c1. The molecule has 0 aliphatic heterocycles. The van der Waals surface area contributed by atoms with Crippen LogP contribution in [-0.4, -0.2) is 49.3 Å². The zero-order chi connectivity index (χ0) is 13.5. The first kappa shape index (κ1) is 14.4. The largest absolute Gasteiger partial charge is 0.399 e. The summed E-state index contributed by atoms with van der Waals surface area (Å²) in [4.78, 5) is 13.5. The number of methoxy groups -OCH3 is 1. The highest BCUT2D eigenvalue weighted by atomic mass is 19.1. The Morgan fingerprint density at radius 3 is 2.72 bits per heavy atom. The monoisotopic (exact) mass is 256 g/mol. The number of ether oxygens (including phenoxy) is 1. The van der Waals surface area contributed by atoms with Crippen molar-refractivity contribution in [3.63, 3.8) is 0 Å². The number of carbonyl (C=O) groups is 1. The number of aliphatic hydroxyl groups is 1. The lowest BCUT2D eigenvalue weighted by atomic mass is 10.1. The molecular weight excluding hydrogens is 239 g/mol. The molecule has 0 aliphatic rings. The Hall–Kier alpha value is -1.66. The third-order valence-corrected chi connectivity index (χ3v) is 2.39. The van der Waals surface area contributed by atoms with Crippen molar-refractivity contribution >= 4 is 11.6 Å². The molecule has 0 unspecified atom stereocenters. The number of aliphatic hydroxyl groups excluding tert-OH is 1. The fourth-order valence-corrected chi connectivity index (χ4v) is 1.56. The number of anilines is 1. The van der Waals surface area contributed by atoms with Gasteiger partial charge in [0.25, 0.3) is 5.91 Å². The maximum absolute atomic E-state index is 13.2. The molecule has 0 heterocycles. The van der Waals surface area contributed by atoms with Crippen molar-refractivity contribution in [2.24, 2.45) is 0 Å². The van der Waals surface area contributed by atoms with Crippen LogP contribution in [0.5, 0.6) is 0 Å². The third-order valence-electron chi connectivity index (χ3n) is 2.39. The van der Waals surface area contributed by atoms with Crippen LogP contribution in [0.3, 0.4) is 0 Å². The Balaban J connectivity index is 2.86. The molecule has 0 saturated heterocycles. The minimum absolute atomic E-state index is 0.164. The number of rotatable bonds is 6. The van der Waals surface area contributed by atoms with Gasteiger partial charge in [-0.15, -0.1) is 0 Å². The van der Waals surface area contributed by atoms with E-state index in [-0.39, 0.29) is 30.3 Å². The topological polar surface area (TPSA) is 75.8 Å². The van der Waals surface area contributed by atoms with E-state index in [1.807, 2.05) is 0 Å². The van der Waals surface area contributed by atoms with Crippen molar-refractivity contribution in [1.82, 2.24) is 4.90 Å². The summed E-state index contributed by atoms with van der Waals surface area (Å²) in [6.07, 6.45) is 0. The summed E-state index contributed by atoms with van der Waals surface area (Å²) in [6.45, 7) is 0.668. The van der Waals surface area contributed by atoms with Gasteiger partial charge in [-0.05, 0) is 18.2 Å². The van der Waals surface area contributed by atoms with E-state index >= 15 is 0 Å².